The number of hydrogen-bond donors (Lipinski definition) is 2. The van der Waals surface area contributed by atoms with E-state index in [1.54, 1.807) is 0 Å². The van der Waals surface area contributed by atoms with Gasteiger partial charge < -0.3 is 15.4 Å². The number of methoxy groups -OCH3 is 1. The summed E-state index contributed by atoms with van der Waals surface area (Å²) in [4.78, 5) is 35.4. The van der Waals surface area contributed by atoms with Gasteiger partial charge in [-0.3, -0.25) is 9.59 Å². The molecule has 0 spiro atoms. The van der Waals surface area contributed by atoms with Gasteiger partial charge >= 0.3 is 5.97 Å². The lowest BCUT2D eigenvalue weighted by Crippen LogP contribution is -2.41. The molecule has 7 nitrogen and oxygen atoms in total. The third-order valence-corrected chi connectivity index (χ3v) is 3.62. The van der Waals surface area contributed by atoms with Crippen molar-refractivity contribution in [3.8, 4) is 6.07 Å². The SMILES string of the molecule is COC(=O)[C@@H](CCC#N)NC(=O)CCC(=O)N[C@H](C)c1ccccc1. The molecule has 0 fully saturated rings. The molecule has 7 heteroatoms. The van der Waals surface area contributed by atoms with Gasteiger partial charge in [0.25, 0.3) is 0 Å². The number of nitrogens with zero attached hydrogens (tertiary/aromatic N) is 1. The van der Waals surface area contributed by atoms with E-state index in [4.69, 9.17) is 5.26 Å². The molecule has 1 aromatic rings. The number of nitriles is 1. The second-order valence-corrected chi connectivity index (χ2v) is 5.54. The first-order valence-electron chi connectivity index (χ1n) is 8.06. The maximum Gasteiger partial charge on any atom is 0.328 e. The van der Waals surface area contributed by atoms with Gasteiger partial charge in [0.1, 0.15) is 6.04 Å². The average molecular weight is 345 g/mol. The fraction of sp³-hybridized carbons (Fsp3) is 0.444. The van der Waals surface area contributed by atoms with Crippen LogP contribution in [0.5, 0.6) is 0 Å². The van der Waals surface area contributed by atoms with E-state index >= 15 is 0 Å². The van der Waals surface area contributed by atoms with Crippen molar-refractivity contribution in [1.29, 1.82) is 5.26 Å². The first-order chi connectivity index (χ1) is 12.0. The molecule has 2 N–H and O–H groups in total. The van der Waals surface area contributed by atoms with E-state index in [0.29, 0.717) is 0 Å². The molecule has 1 rings (SSSR count). The van der Waals surface area contributed by atoms with Crippen LogP contribution < -0.4 is 10.6 Å². The minimum absolute atomic E-state index is 0.00908. The molecule has 1 aromatic carbocycles. The molecule has 0 heterocycles. The number of esters is 1. The maximum atomic E-state index is 12.0. The molecule has 0 radical (unpaired) electrons. The van der Waals surface area contributed by atoms with Crippen molar-refractivity contribution in [2.45, 2.75) is 44.7 Å². The number of ether oxygens (including phenoxy) is 1. The first kappa shape index (κ1) is 20.2. The summed E-state index contributed by atoms with van der Waals surface area (Å²) >= 11 is 0. The van der Waals surface area contributed by atoms with Gasteiger partial charge in [-0.25, -0.2) is 4.79 Å². The Morgan fingerprint density at radius 2 is 1.72 bits per heavy atom. The van der Waals surface area contributed by atoms with Crippen LogP contribution in [0.3, 0.4) is 0 Å². The molecule has 0 bridgehead atoms. The Balaban J connectivity index is 2.42. The third-order valence-electron chi connectivity index (χ3n) is 3.62. The smallest absolute Gasteiger partial charge is 0.328 e. The van der Waals surface area contributed by atoms with Crippen LogP contribution in [-0.2, 0) is 19.1 Å². The molecule has 2 atom stereocenters. The zero-order valence-corrected chi connectivity index (χ0v) is 14.5. The summed E-state index contributed by atoms with van der Waals surface area (Å²) in [7, 11) is 1.21. The van der Waals surface area contributed by atoms with E-state index in [1.807, 2.05) is 43.3 Å². The summed E-state index contributed by atoms with van der Waals surface area (Å²) < 4.78 is 4.60. The number of carbonyl (C=O) groups excluding carboxylic acids is 3. The predicted octanol–water partition coefficient (Wildman–Crippen LogP) is 1.61. The van der Waals surface area contributed by atoms with E-state index in [-0.39, 0.29) is 37.6 Å². The van der Waals surface area contributed by atoms with E-state index in [0.717, 1.165) is 5.56 Å². The number of amides is 2. The van der Waals surface area contributed by atoms with Gasteiger partial charge in [-0.05, 0) is 18.9 Å². The highest BCUT2D eigenvalue weighted by Crippen LogP contribution is 2.11. The van der Waals surface area contributed by atoms with Gasteiger partial charge in [0.2, 0.25) is 11.8 Å². The fourth-order valence-electron chi connectivity index (χ4n) is 2.23. The number of rotatable bonds is 9. The van der Waals surface area contributed by atoms with E-state index in [9.17, 15) is 14.4 Å². The third kappa shape index (κ3) is 7.48. The van der Waals surface area contributed by atoms with Crippen molar-refractivity contribution < 1.29 is 19.1 Å². The Morgan fingerprint density at radius 1 is 1.12 bits per heavy atom. The van der Waals surface area contributed by atoms with Crippen LogP contribution >= 0.6 is 0 Å². The second kappa shape index (κ2) is 10.8. The van der Waals surface area contributed by atoms with Crippen molar-refractivity contribution in [2.75, 3.05) is 7.11 Å². The molecular formula is C18H23N3O4. The minimum Gasteiger partial charge on any atom is -0.467 e. The molecule has 0 aliphatic carbocycles. The quantitative estimate of drug-likeness (QED) is 0.661. The van der Waals surface area contributed by atoms with Gasteiger partial charge in [0.05, 0.1) is 19.2 Å². The molecule has 0 aliphatic rings. The Morgan fingerprint density at radius 3 is 2.28 bits per heavy atom. The van der Waals surface area contributed by atoms with Gasteiger partial charge in [0, 0.05) is 19.3 Å². The largest absolute Gasteiger partial charge is 0.467 e. The number of benzene rings is 1. The highest BCUT2D eigenvalue weighted by molar-refractivity contribution is 5.87. The first-order valence-corrected chi connectivity index (χ1v) is 8.06. The number of nitrogens with one attached hydrogen (secondary N) is 2. The molecule has 2 amide bonds. The summed E-state index contributed by atoms with van der Waals surface area (Å²) in [5, 5.41) is 13.9. The van der Waals surface area contributed by atoms with E-state index < -0.39 is 17.9 Å². The predicted molar refractivity (Wildman–Crippen MR) is 91.0 cm³/mol. The van der Waals surface area contributed by atoms with Crippen molar-refractivity contribution in [3.63, 3.8) is 0 Å². The van der Waals surface area contributed by atoms with Crippen molar-refractivity contribution in [2.24, 2.45) is 0 Å². The second-order valence-electron chi connectivity index (χ2n) is 5.54. The van der Waals surface area contributed by atoms with Crippen molar-refractivity contribution >= 4 is 17.8 Å². The Hall–Kier alpha value is -2.88. The standard InChI is InChI=1S/C18H23N3O4/c1-13(14-7-4-3-5-8-14)20-16(22)10-11-17(23)21-15(9-6-12-19)18(24)25-2/h3-5,7-8,13,15H,6,9-11H2,1-2H3,(H,20,22)(H,21,23)/t13-,15-/m1/s1. The summed E-state index contributed by atoms with van der Waals surface area (Å²) in [6.07, 6.45) is 0.254. The lowest BCUT2D eigenvalue weighted by Gasteiger charge is -2.16. The molecule has 0 saturated heterocycles. The molecule has 0 aliphatic heterocycles. The molecular weight excluding hydrogens is 322 g/mol. The zero-order chi connectivity index (χ0) is 18.7. The average Bonchev–Trinajstić information content (AvgIpc) is 2.63. The molecule has 25 heavy (non-hydrogen) atoms. The number of hydrogen-bond acceptors (Lipinski definition) is 5. The summed E-state index contributed by atoms with van der Waals surface area (Å²) in [6.45, 7) is 1.86. The summed E-state index contributed by atoms with van der Waals surface area (Å²) in [6, 6.07) is 10.4. The minimum atomic E-state index is -0.872. The van der Waals surface area contributed by atoms with Crippen LogP contribution in [0.4, 0.5) is 0 Å². The van der Waals surface area contributed by atoms with Crippen LogP contribution in [0.1, 0.15) is 44.2 Å². The monoisotopic (exact) mass is 345 g/mol. The Bertz CT molecular complexity index is 625. The van der Waals surface area contributed by atoms with Crippen molar-refractivity contribution in [1.82, 2.24) is 10.6 Å². The summed E-state index contributed by atoms with van der Waals surface area (Å²) in [5.41, 5.74) is 0.975. The summed E-state index contributed by atoms with van der Waals surface area (Å²) in [5.74, 6) is -1.29. The van der Waals surface area contributed by atoms with Gasteiger partial charge in [0.15, 0.2) is 0 Å². The Kier molecular flexibility index (Phi) is 8.72. The van der Waals surface area contributed by atoms with Crippen molar-refractivity contribution in [3.05, 3.63) is 35.9 Å². The topological polar surface area (TPSA) is 108 Å². The number of carbonyl (C=O) groups is 3. The van der Waals surface area contributed by atoms with Gasteiger partial charge in [-0.15, -0.1) is 0 Å². The maximum absolute atomic E-state index is 12.0. The highest BCUT2D eigenvalue weighted by atomic mass is 16.5. The zero-order valence-electron chi connectivity index (χ0n) is 14.5. The van der Waals surface area contributed by atoms with Gasteiger partial charge in [-0.2, -0.15) is 5.26 Å². The van der Waals surface area contributed by atoms with Crippen LogP contribution in [0, 0.1) is 11.3 Å². The van der Waals surface area contributed by atoms with E-state index in [2.05, 4.69) is 15.4 Å². The van der Waals surface area contributed by atoms with Crippen LogP contribution in [0.15, 0.2) is 30.3 Å². The molecule has 0 saturated carbocycles. The lowest BCUT2D eigenvalue weighted by molar-refractivity contribution is -0.145. The van der Waals surface area contributed by atoms with Crippen LogP contribution in [0.2, 0.25) is 0 Å². The Labute approximate surface area is 147 Å². The normalized spacial score (nSPS) is 12.4. The van der Waals surface area contributed by atoms with Crippen LogP contribution in [0.25, 0.3) is 0 Å². The lowest BCUT2D eigenvalue weighted by atomic mass is 10.1. The highest BCUT2D eigenvalue weighted by Gasteiger charge is 2.21. The molecule has 0 aromatic heterocycles. The van der Waals surface area contributed by atoms with Gasteiger partial charge in [-0.1, -0.05) is 30.3 Å². The van der Waals surface area contributed by atoms with Crippen LogP contribution in [-0.4, -0.2) is 30.9 Å². The molecule has 0 unspecified atom stereocenters. The van der Waals surface area contributed by atoms with E-state index in [1.165, 1.54) is 7.11 Å². The fourth-order valence-corrected chi connectivity index (χ4v) is 2.23. The molecule has 134 valence electrons.